The zero-order chi connectivity index (χ0) is 18.4. The number of nitrogens with zero attached hydrogens (tertiary/aromatic N) is 2. The van der Waals surface area contributed by atoms with Crippen LogP contribution in [0.4, 0.5) is 4.79 Å². The number of hydrogen-bond donors (Lipinski definition) is 1. The van der Waals surface area contributed by atoms with Crippen molar-refractivity contribution in [1.82, 2.24) is 15.1 Å². The van der Waals surface area contributed by atoms with Crippen LogP contribution in [0.1, 0.15) is 31.2 Å². The van der Waals surface area contributed by atoms with Gasteiger partial charge in [-0.3, -0.25) is 4.79 Å². The zero-order valence-corrected chi connectivity index (χ0v) is 15.5. The number of likely N-dealkylation sites (N-methyl/N-ethyl adjacent to an activating group) is 1. The highest BCUT2D eigenvalue weighted by Crippen LogP contribution is 2.22. The number of ether oxygens (including phenoxy) is 1. The molecule has 6 heteroatoms. The van der Waals surface area contributed by atoms with Gasteiger partial charge in [0.2, 0.25) is 5.91 Å². The van der Waals surface area contributed by atoms with Crippen LogP contribution < -0.4 is 5.32 Å². The Kier molecular flexibility index (Phi) is 6.50. The molecule has 1 N–H and O–H groups in total. The molecule has 2 amide bonds. The van der Waals surface area contributed by atoms with E-state index in [-0.39, 0.29) is 24.5 Å². The van der Waals surface area contributed by atoms with Gasteiger partial charge >= 0.3 is 6.09 Å². The van der Waals surface area contributed by atoms with E-state index < -0.39 is 0 Å². The minimum atomic E-state index is -0.287. The third-order valence-corrected chi connectivity index (χ3v) is 5.47. The number of hydrogen-bond acceptors (Lipinski definition) is 4. The molecule has 0 bridgehead atoms. The lowest BCUT2D eigenvalue weighted by Crippen LogP contribution is -2.50. The maximum atomic E-state index is 12.7. The molecule has 1 aromatic rings. The van der Waals surface area contributed by atoms with Crippen molar-refractivity contribution in [3.8, 4) is 0 Å². The van der Waals surface area contributed by atoms with Crippen molar-refractivity contribution in [3.63, 3.8) is 0 Å². The summed E-state index contributed by atoms with van der Waals surface area (Å²) in [4.78, 5) is 28.6. The molecule has 0 aliphatic carbocycles. The first-order chi connectivity index (χ1) is 12.6. The second-order valence-corrected chi connectivity index (χ2v) is 7.25. The van der Waals surface area contributed by atoms with Gasteiger partial charge in [-0.1, -0.05) is 30.3 Å². The quantitative estimate of drug-likeness (QED) is 0.896. The Bertz CT molecular complexity index is 594. The second kappa shape index (κ2) is 9.03. The largest absolute Gasteiger partial charge is 0.445 e. The normalized spacial score (nSPS) is 21.3. The molecule has 0 aromatic heterocycles. The topological polar surface area (TPSA) is 61.9 Å². The summed E-state index contributed by atoms with van der Waals surface area (Å²) < 4.78 is 5.39. The fraction of sp³-hybridized carbons (Fsp3) is 0.600. The van der Waals surface area contributed by atoms with Crippen molar-refractivity contribution >= 4 is 12.0 Å². The monoisotopic (exact) mass is 359 g/mol. The number of piperidine rings is 2. The van der Waals surface area contributed by atoms with Gasteiger partial charge < -0.3 is 19.9 Å². The highest BCUT2D eigenvalue weighted by atomic mass is 16.6. The van der Waals surface area contributed by atoms with Crippen LogP contribution in [0.5, 0.6) is 0 Å². The van der Waals surface area contributed by atoms with Gasteiger partial charge in [-0.05, 0) is 37.8 Å². The molecule has 0 saturated carbocycles. The maximum absolute atomic E-state index is 12.7. The Balaban J connectivity index is 1.43. The minimum Gasteiger partial charge on any atom is -0.445 e. The Morgan fingerprint density at radius 1 is 1.19 bits per heavy atom. The molecule has 2 saturated heterocycles. The average Bonchev–Trinajstić information content (AvgIpc) is 2.72. The van der Waals surface area contributed by atoms with Gasteiger partial charge in [0.15, 0.2) is 0 Å². The Hall–Kier alpha value is -2.08. The van der Waals surface area contributed by atoms with Crippen LogP contribution >= 0.6 is 0 Å². The summed E-state index contributed by atoms with van der Waals surface area (Å²) in [6.45, 7) is 3.38. The van der Waals surface area contributed by atoms with Crippen molar-refractivity contribution in [1.29, 1.82) is 0 Å². The van der Waals surface area contributed by atoms with E-state index in [0.29, 0.717) is 32.0 Å². The van der Waals surface area contributed by atoms with Crippen LogP contribution in [0.2, 0.25) is 0 Å². The van der Waals surface area contributed by atoms with Crippen molar-refractivity contribution in [2.24, 2.45) is 5.92 Å². The minimum absolute atomic E-state index is 0.0140. The van der Waals surface area contributed by atoms with Crippen LogP contribution in [0.3, 0.4) is 0 Å². The smallest absolute Gasteiger partial charge is 0.410 e. The molecule has 6 nitrogen and oxygen atoms in total. The molecular formula is C20H29N3O3. The van der Waals surface area contributed by atoms with Gasteiger partial charge in [0.25, 0.3) is 0 Å². The van der Waals surface area contributed by atoms with Gasteiger partial charge in [0.1, 0.15) is 6.61 Å². The predicted molar refractivity (Wildman–Crippen MR) is 99.6 cm³/mol. The maximum Gasteiger partial charge on any atom is 0.410 e. The van der Waals surface area contributed by atoms with Gasteiger partial charge in [0.05, 0.1) is 0 Å². The fourth-order valence-electron chi connectivity index (χ4n) is 3.75. The summed E-state index contributed by atoms with van der Waals surface area (Å²) in [5, 5.41) is 3.36. The van der Waals surface area contributed by atoms with Crippen LogP contribution in [0.15, 0.2) is 30.3 Å². The van der Waals surface area contributed by atoms with E-state index in [1.165, 1.54) is 0 Å². The van der Waals surface area contributed by atoms with Gasteiger partial charge in [-0.25, -0.2) is 4.79 Å². The molecule has 1 aromatic carbocycles. The molecule has 0 spiro atoms. The first-order valence-electron chi connectivity index (χ1n) is 9.58. The van der Waals surface area contributed by atoms with Crippen LogP contribution in [0, 0.1) is 5.92 Å². The summed E-state index contributed by atoms with van der Waals surface area (Å²) >= 11 is 0. The Morgan fingerprint density at radius 2 is 1.92 bits per heavy atom. The summed E-state index contributed by atoms with van der Waals surface area (Å²) in [6, 6.07) is 9.97. The van der Waals surface area contributed by atoms with Crippen LogP contribution in [0.25, 0.3) is 0 Å². The van der Waals surface area contributed by atoms with E-state index in [1.54, 1.807) is 4.90 Å². The lowest BCUT2D eigenvalue weighted by Gasteiger charge is -2.37. The molecule has 0 unspecified atom stereocenters. The van der Waals surface area contributed by atoms with E-state index in [4.69, 9.17) is 4.74 Å². The first-order valence-corrected chi connectivity index (χ1v) is 9.58. The molecule has 2 aliphatic heterocycles. The first kappa shape index (κ1) is 18.7. The molecule has 2 heterocycles. The van der Waals surface area contributed by atoms with E-state index in [0.717, 1.165) is 31.5 Å². The molecule has 3 rings (SSSR count). The van der Waals surface area contributed by atoms with E-state index in [1.807, 2.05) is 42.3 Å². The summed E-state index contributed by atoms with van der Waals surface area (Å²) in [5.41, 5.74) is 0.980. The molecule has 0 radical (unpaired) electrons. The van der Waals surface area contributed by atoms with Crippen LogP contribution in [-0.2, 0) is 16.1 Å². The Morgan fingerprint density at radius 3 is 2.58 bits per heavy atom. The van der Waals surface area contributed by atoms with Crippen molar-refractivity contribution < 1.29 is 14.3 Å². The summed E-state index contributed by atoms with van der Waals surface area (Å²) in [5.74, 6) is 0.233. The van der Waals surface area contributed by atoms with E-state index in [9.17, 15) is 9.59 Å². The molecule has 1 atom stereocenters. The lowest BCUT2D eigenvalue weighted by molar-refractivity contribution is -0.138. The van der Waals surface area contributed by atoms with Crippen LogP contribution in [-0.4, -0.2) is 61.1 Å². The number of carbonyl (C=O) groups is 2. The fourth-order valence-corrected chi connectivity index (χ4v) is 3.75. The highest BCUT2D eigenvalue weighted by molar-refractivity contribution is 5.79. The average molecular weight is 359 g/mol. The van der Waals surface area contributed by atoms with E-state index >= 15 is 0 Å². The molecule has 142 valence electrons. The Labute approximate surface area is 155 Å². The molecule has 26 heavy (non-hydrogen) atoms. The number of likely N-dealkylation sites (tertiary alicyclic amines) is 1. The third kappa shape index (κ3) is 4.75. The molecule has 2 fully saturated rings. The third-order valence-electron chi connectivity index (χ3n) is 5.47. The number of amides is 2. The molecule has 2 aliphatic rings. The number of benzene rings is 1. The zero-order valence-electron chi connectivity index (χ0n) is 15.5. The molecular weight excluding hydrogens is 330 g/mol. The highest BCUT2D eigenvalue weighted by Gasteiger charge is 2.32. The number of nitrogens with one attached hydrogen (secondary N) is 1. The summed E-state index contributed by atoms with van der Waals surface area (Å²) in [7, 11) is 1.92. The van der Waals surface area contributed by atoms with Gasteiger partial charge in [-0.2, -0.15) is 0 Å². The van der Waals surface area contributed by atoms with Gasteiger partial charge in [-0.15, -0.1) is 0 Å². The number of carbonyl (C=O) groups excluding carboxylic acids is 2. The number of rotatable bonds is 4. The summed E-state index contributed by atoms with van der Waals surface area (Å²) in [6.07, 6.45) is 3.33. The van der Waals surface area contributed by atoms with Crippen molar-refractivity contribution in [3.05, 3.63) is 35.9 Å². The SMILES string of the molecule is CN(C(=O)C1CCN(C(=O)OCc2ccccc2)CC1)[C@@H]1CCCNC1. The van der Waals surface area contributed by atoms with Crippen molar-refractivity contribution in [2.45, 2.75) is 38.3 Å². The van der Waals surface area contributed by atoms with Crippen molar-refractivity contribution in [2.75, 3.05) is 33.2 Å². The second-order valence-electron chi connectivity index (χ2n) is 7.25. The predicted octanol–water partition coefficient (Wildman–Crippen LogP) is 2.25. The van der Waals surface area contributed by atoms with Gasteiger partial charge in [0, 0.05) is 38.6 Å². The van der Waals surface area contributed by atoms with E-state index in [2.05, 4.69) is 5.32 Å². The standard InChI is InChI=1S/C20H29N3O3/c1-22(18-8-5-11-21-14-18)19(24)17-9-12-23(13-10-17)20(25)26-15-16-6-3-2-4-7-16/h2-4,6-7,17-18,21H,5,8-15H2,1H3/t18-/m1/s1. The lowest BCUT2D eigenvalue weighted by atomic mass is 9.94.